The number of hydrogen-bond donors (Lipinski definition) is 1. The molecular formula is C21H23ClN4O4S. The summed E-state index contributed by atoms with van der Waals surface area (Å²) in [6.07, 6.45) is 1.58. The van der Waals surface area contributed by atoms with Gasteiger partial charge in [0.2, 0.25) is 15.9 Å². The zero-order valence-corrected chi connectivity index (χ0v) is 19.2. The van der Waals surface area contributed by atoms with Gasteiger partial charge in [0.15, 0.2) is 5.82 Å². The molecule has 0 atom stereocenters. The number of rotatable bonds is 7. The molecule has 164 valence electrons. The average molecular weight is 463 g/mol. The maximum atomic E-state index is 12.6. The number of halogens is 1. The van der Waals surface area contributed by atoms with Crippen LogP contribution in [0.5, 0.6) is 0 Å². The second kappa shape index (κ2) is 9.07. The van der Waals surface area contributed by atoms with Gasteiger partial charge in [0.05, 0.1) is 17.0 Å². The van der Waals surface area contributed by atoms with Crippen molar-refractivity contribution < 1.29 is 17.7 Å². The molecule has 1 aromatic heterocycles. The Morgan fingerprint density at radius 2 is 1.87 bits per heavy atom. The predicted molar refractivity (Wildman–Crippen MR) is 120 cm³/mol. The summed E-state index contributed by atoms with van der Waals surface area (Å²) in [5.74, 6) is 0.990. The molecule has 0 aliphatic heterocycles. The number of nitrogens with one attached hydrogen (secondary N) is 1. The van der Waals surface area contributed by atoms with Gasteiger partial charge in [-0.15, -0.1) is 0 Å². The van der Waals surface area contributed by atoms with Crippen LogP contribution in [0.15, 0.2) is 47.0 Å². The van der Waals surface area contributed by atoms with Gasteiger partial charge in [-0.05, 0) is 35.9 Å². The molecule has 8 nitrogen and oxygen atoms in total. The molecule has 0 saturated carbocycles. The fraction of sp³-hybridized carbons (Fsp3) is 0.286. The van der Waals surface area contributed by atoms with Gasteiger partial charge < -0.3 is 9.84 Å². The number of carbonyl (C=O) groups excluding carboxylic acids is 1. The van der Waals surface area contributed by atoms with Crippen molar-refractivity contribution in [2.24, 2.45) is 0 Å². The maximum Gasteiger partial charge on any atom is 0.255 e. The zero-order valence-electron chi connectivity index (χ0n) is 17.6. The van der Waals surface area contributed by atoms with Crippen LogP contribution in [0.1, 0.15) is 47.4 Å². The van der Waals surface area contributed by atoms with Crippen LogP contribution in [0.2, 0.25) is 5.02 Å². The van der Waals surface area contributed by atoms with E-state index in [1.54, 1.807) is 12.1 Å². The summed E-state index contributed by atoms with van der Waals surface area (Å²) in [6.45, 7) is 3.97. The minimum absolute atomic E-state index is 0.171. The fourth-order valence-corrected chi connectivity index (χ4v) is 3.54. The number of sulfonamides is 1. The lowest BCUT2D eigenvalue weighted by Crippen LogP contribution is -2.25. The number of aromatic nitrogens is 2. The summed E-state index contributed by atoms with van der Waals surface area (Å²) in [5.41, 5.74) is 2.08. The molecule has 0 bridgehead atoms. The summed E-state index contributed by atoms with van der Waals surface area (Å²) in [4.78, 5) is 17.0. The molecule has 0 unspecified atom stereocenters. The van der Waals surface area contributed by atoms with Crippen molar-refractivity contribution in [3.05, 3.63) is 70.3 Å². The molecule has 10 heteroatoms. The number of nitrogens with zero attached hydrogens (tertiary/aromatic N) is 3. The molecule has 2 aromatic carbocycles. The number of carbonyl (C=O) groups is 1. The van der Waals surface area contributed by atoms with Gasteiger partial charge in [0.1, 0.15) is 0 Å². The van der Waals surface area contributed by atoms with E-state index in [-0.39, 0.29) is 28.1 Å². The first-order valence-electron chi connectivity index (χ1n) is 9.51. The van der Waals surface area contributed by atoms with Gasteiger partial charge in [-0.3, -0.25) is 9.10 Å². The summed E-state index contributed by atoms with van der Waals surface area (Å²) in [5, 5.41) is 7.00. The summed E-state index contributed by atoms with van der Waals surface area (Å²) < 4.78 is 29.9. The zero-order chi connectivity index (χ0) is 22.8. The van der Waals surface area contributed by atoms with Gasteiger partial charge in [-0.25, -0.2) is 8.42 Å². The Hall–Kier alpha value is -2.91. The normalized spacial score (nSPS) is 11.5. The van der Waals surface area contributed by atoms with Crippen LogP contribution in [0.25, 0.3) is 0 Å². The molecular weight excluding hydrogens is 440 g/mol. The number of benzene rings is 2. The van der Waals surface area contributed by atoms with Gasteiger partial charge in [0.25, 0.3) is 5.91 Å². The Morgan fingerprint density at radius 1 is 1.19 bits per heavy atom. The highest BCUT2D eigenvalue weighted by molar-refractivity contribution is 7.92. The van der Waals surface area contributed by atoms with E-state index < -0.39 is 10.0 Å². The lowest BCUT2D eigenvalue weighted by molar-refractivity contribution is 0.102. The van der Waals surface area contributed by atoms with E-state index in [1.165, 1.54) is 25.2 Å². The molecule has 1 amide bonds. The quantitative estimate of drug-likeness (QED) is 0.567. The first kappa shape index (κ1) is 22.8. The highest BCUT2D eigenvalue weighted by Crippen LogP contribution is 2.28. The highest BCUT2D eigenvalue weighted by Gasteiger charge is 2.18. The van der Waals surface area contributed by atoms with Gasteiger partial charge >= 0.3 is 0 Å². The summed E-state index contributed by atoms with van der Waals surface area (Å²) >= 11 is 6.11. The molecule has 1 N–H and O–H groups in total. The third kappa shape index (κ3) is 5.62. The number of anilines is 2. The van der Waals surface area contributed by atoms with Crippen molar-refractivity contribution in [3.8, 4) is 0 Å². The van der Waals surface area contributed by atoms with Crippen molar-refractivity contribution in [2.45, 2.75) is 26.2 Å². The molecule has 31 heavy (non-hydrogen) atoms. The number of amides is 1. The van der Waals surface area contributed by atoms with Crippen LogP contribution in [0, 0.1) is 0 Å². The van der Waals surface area contributed by atoms with Crippen molar-refractivity contribution >= 4 is 38.9 Å². The third-order valence-electron chi connectivity index (χ3n) is 4.60. The second-order valence-electron chi connectivity index (χ2n) is 7.43. The lowest BCUT2D eigenvalue weighted by Gasteiger charge is -2.18. The van der Waals surface area contributed by atoms with Crippen LogP contribution in [-0.4, -0.2) is 37.8 Å². The van der Waals surface area contributed by atoms with Crippen LogP contribution in [0.3, 0.4) is 0 Å². The number of hydrogen-bond acceptors (Lipinski definition) is 6. The Kier molecular flexibility index (Phi) is 6.66. The van der Waals surface area contributed by atoms with E-state index in [2.05, 4.69) is 15.5 Å². The van der Waals surface area contributed by atoms with E-state index in [0.29, 0.717) is 23.8 Å². The molecule has 3 aromatic rings. The Bertz CT molecular complexity index is 1190. The van der Waals surface area contributed by atoms with Crippen LogP contribution in [-0.2, 0) is 16.4 Å². The first-order chi connectivity index (χ1) is 14.5. The Balaban J connectivity index is 1.70. The fourth-order valence-electron chi connectivity index (χ4n) is 2.74. The summed E-state index contributed by atoms with van der Waals surface area (Å²) in [6, 6.07) is 11.8. The van der Waals surface area contributed by atoms with E-state index >= 15 is 0 Å². The van der Waals surface area contributed by atoms with Crippen LogP contribution in [0.4, 0.5) is 11.4 Å². The van der Waals surface area contributed by atoms with E-state index in [4.69, 9.17) is 16.1 Å². The van der Waals surface area contributed by atoms with Gasteiger partial charge in [-0.1, -0.05) is 42.7 Å². The minimum Gasteiger partial charge on any atom is -0.339 e. The molecule has 3 rings (SSSR count). The van der Waals surface area contributed by atoms with Gasteiger partial charge in [-0.2, -0.15) is 4.98 Å². The molecule has 0 spiro atoms. The first-order valence-corrected chi connectivity index (χ1v) is 11.7. The predicted octanol–water partition coefficient (Wildman–Crippen LogP) is 4.09. The molecule has 1 heterocycles. The Morgan fingerprint density at radius 3 is 2.45 bits per heavy atom. The van der Waals surface area contributed by atoms with Crippen LogP contribution < -0.4 is 9.62 Å². The van der Waals surface area contributed by atoms with E-state index in [1.807, 2.05) is 26.0 Å². The molecule has 0 fully saturated rings. The SMILES string of the molecule is CC(C)c1nc(Cc2ccc(NC(=O)c3ccc(Cl)c(N(C)S(C)(=O)=O)c3)cc2)no1. The molecule has 0 aliphatic carbocycles. The van der Waals surface area contributed by atoms with E-state index in [0.717, 1.165) is 16.1 Å². The topological polar surface area (TPSA) is 105 Å². The third-order valence-corrected chi connectivity index (χ3v) is 6.11. The second-order valence-corrected chi connectivity index (χ2v) is 9.85. The monoisotopic (exact) mass is 462 g/mol. The highest BCUT2D eigenvalue weighted by atomic mass is 35.5. The average Bonchev–Trinajstić information content (AvgIpc) is 3.17. The largest absolute Gasteiger partial charge is 0.339 e. The van der Waals surface area contributed by atoms with Crippen molar-refractivity contribution in [2.75, 3.05) is 22.9 Å². The van der Waals surface area contributed by atoms with Crippen molar-refractivity contribution in [1.29, 1.82) is 0 Å². The Labute approximate surface area is 186 Å². The maximum absolute atomic E-state index is 12.6. The standard InChI is InChI=1S/C21H23ClN4O4S/c1-13(2)21-24-19(25-30-21)11-14-5-8-16(9-6-14)23-20(27)15-7-10-17(22)18(12-15)26(3)31(4,28)29/h5-10,12-13H,11H2,1-4H3,(H,23,27). The lowest BCUT2D eigenvalue weighted by atomic mass is 10.1. The summed E-state index contributed by atoms with van der Waals surface area (Å²) in [7, 11) is -2.13. The smallest absolute Gasteiger partial charge is 0.255 e. The van der Waals surface area contributed by atoms with Crippen molar-refractivity contribution in [3.63, 3.8) is 0 Å². The molecule has 0 aliphatic rings. The van der Waals surface area contributed by atoms with Gasteiger partial charge in [0, 0.05) is 30.6 Å². The molecule has 0 radical (unpaired) electrons. The van der Waals surface area contributed by atoms with E-state index in [9.17, 15) is 13.2 Å². The van der Waals surface area contributed by atoms with Crippen molar-refractivity contribution in [1.82, 2.24) is 10.1 Å². The van der Waals surface area contributed by atoms with Crippen LogP contribution >= 0.6 is 11.6 Å². The molecule has 0 saturated heterocycles. The minimum atomic E-state index is -3.51.